The Labute approximate surface area is 140 Å². The van der Waals surface area contributed by atoms with Crippen molar-refractivity contribution in [2.75, 3.05) is 13.7 Å². The molecule has 0 amide bonds. The summed E-state index contributed by atoms with van der Waals surface area (Å²) in [4.78, 5) is 24.5. The van der Waals surface area contributed by atoms with E-state index in [0.717, 1.165) is 29.8 Å². The zero-order valence-corrected chi connectivity index (χ0v) is 14.2. The van der Waals surface area contributed by atoms with Crippen LogP contribution in [0.4, 0.5) is 0 Å². The lowest BCUT2D eigenvalue weighted by Crippen LogP contribution is -2.26. The van der Waals surface area contributed by atoms with Gasteiger partial charge in [-0.15, -0.1) is 0 Å². The minimum Gasteiger partial charge on any atom is -0.497 e. The maximum Gasteiger partial charge on any atom is 0.343 e. The zero-order chi connectivity index (χ0) is 17.3. The van der Waals surface area contributed by atoms with Gasteiger partial charge in [-0.05, 0) is 37.5 Å². The molecule has 0 aliphatic carbocycles. The lowest BCUT2D eigenvalue weighted by atomic mass is 9.91. The number of nitrogens with zero attached hydrogens (tertiary/aromatic N) is 1. The van der Waals surface area contributed by atoms with Gasteiger partial charge in [-0.2, -0.15) is 0 Å². The number of fused-ring (bicyclic) bond motifs is 3. The summed E-state index contributed by atoms with van der Waals surface area (Å²) >= 11 is 0. The summed E-state index contributed by atoms with van der Waals surface area (Å²) in [5.74, 6) is 0.182. The molecule has 5 nitrogen and oxygen atoms in total. The van der Waals surface area contributed by atoms with Crippen LogP contribution in [0, 0.1) is 0 Å². The molecule has 0 saturated carbocycles. The van der Waals surface area contributed by atoms with Crippen molar-refractivity contribution in [1.82, 2.24) is 4.57 Å². The molecule has 0 N–H and O–H groups in total. The first kappa shape index (κ1) is 16.3. The number of esters is 1. The number of carbonyl (C=O) groups is 1. The van der Waals surface area contributed by atoms with Crippen molar-refractivity contribution in [2.24, 2.45) is 0 Å². The van der Waals surface area contributed by atoms with E-state index in [4.69, 9.17) is 9.47 Å². The van der Waals surface area contributed by atoms with Crippen molar-refractivity contribution >= 4 is 5.97 Å². The second-order valence-corrected chi connectivity index (χ2v) is 5.85. The third-order valence-corrected chi connectivity index (χ3v) is 4.49. The van der Waals surface area contributed by atoms with Gasteiger partial charge < -0.3 is 14.0 Å². The van der Waals surface area contributed by atoms with Gasteiger partial charge in [0.05, 0.1) is 19.4 Å². The van der Waals surface area contributed by atoms with Crippen molar-refractivity contribution in [3.05, 3.63) is 51.8 Å². The van der Waals surface area contributed by atoms with Crippen LogP contribution in [-0.4, -0.2) is 24.3 Å². The summed E-state index contributed by atoms with van der Waals surface area (Å²) in [5, 5.41) is 0. The molecule has 1 aromatic carbocycles. The lowest BCUT2D eigenvalue weighted by molar-refractivity contribution is 0.0523. The Bertz CT molecular complexity index is 838. The van der Waals surface area contributed by atoms with Crippen molar-refractivity contribution in [2.45, 2.75) is 32.7 Å². The van der Waals surface area contributed by atoms with Gasteiger partial charge in [-0.3, -0.25) is 4.79 Å². The third kappa shape index (κ3) is 2.70. The number of hydrogen-bond acceptors (Lipinski definition) is 4. The molecule has 1 aliphatic heterocycles. The second-order valence-electron chi connectivity index (χ2n) is 5.85. The molecule has 126 valence electrons. The highest BCUT2D eigenvalue weighted by Crippen LogP contribution is 2.37. The van der Waals surface area contributed by atoms with Crippen molar-refractivity contribution in [3.63, 3.8) is 0 Å². The Hall–Kier alpha value is -2.56. The highest BCUT2D eigenvalue weighted by molar-refractivity contribution is 5.89. The van der Waals surface area contributed by atoms with Crippen LogP contribution in [0.2, 0.25) is 0 Å². The van der Waals surface area contributed by atoms with Gasteiger partial charge in [0.15, 0.2) is 5.43 Å². The zero-order valence-electron chi connectivity index (χ0n) is 14.2. The Kier molecular flexibility index (Phi) is 4.42. The first-order valence-corrected chi connectivity index (χ1v) is 8.19. The fourth-order valence-corrected chi connectivity index (χ4v) is 3.22. The third-order valence-electron chi connectivity index (χ3n) is 4.49. The summed E-state index contributed by atoms with van der Waals surface area (Å²) in [6.45, 7) is 4.08. The quantitative estimate of drug-likeness (QED) is 0.809. The van der Waals surface area contributed by atoms with Crippen LogP contribution in [0.25, 0.3) is 11.3 Å². The van der Waals surface area contributed by atoms with Crippen LogP contribution in [-0.2, 0) is 11.2 Å². The topological polar surface area (TPSA) is 57.5 Å². The average Bonchev–Trinajstić information content (AvgIpc) is 2.60. The molecular weight excluding hydrogens is 306 g/mol. The molecule has 0 radical (unpaired) electrons. The maximum atomic E-state index is 12.4. The Balaban J connectivity index is 2.20. The van der Waals surface area contributed by atoms with Gasteiger partial charge in [-0.1, -0.05) is 13.0 Å². The minimum absolute atomic E-state index is 0.0883. The van der Waals surface area contributed by atoms with E-state index in [2.05, 4.69) is 6.92 Å². The summed E-state index contributed by atoms with van der Waals surface area (Å²) in [5.41, 5.74) is 2.76. The average molecular weight is 327 g/mol. The minimum atomic E-state index is -0.566. The number of benzene rings is 1. The fourth-order valence-electron chi connectivity index (χ4n) is 3.22. The smallest absolute Gasteiger partial charge is 0.343 e. The number of methoxy groups -OCH3 is 1. The van der Waals surface area contributed by atoms with Crippen molar-refractivity contribution in [3.8, 4) is 17.0 Å². The SMILES string of the molecule is CCOC(=O)c1cn2c(cc1=O)-c1cc(OC)ccc1CC2CC. The monoisotopic (exact) mass is 327 g/mol. The van der Waals surface area contributed by atoms with E-state index in [1.807, 2.05) is 22.8 Å². The molecule has 0 spiro atoms. The van der Waals surface area contributed by atoms with Gasteiger partial charge in [-0.25, -0.2) is 4.79 Å². The maximum absolute atomic E-state index is 12.4. The van der Waals surface area contributed by atoms with E-state index >= 15 is 0 Å². The highest BCUT2D eigenvalue weighted by Gasteiger charge is 2.25. The van der Waals surface area contributed by atoms with E-state index in [9.17, 15) is 9.59 Å². The number of carbonyl (C=O) groups excluding carboxylic acids is 1. The van der Waals surface area contributed by atoms with E-state index in [1.54, 1.807) is 20.2 Å². The van der Waals surface area contributed by atoms with Gasteiger partial charge in [0, 0.05) is 23.9 Å². The van der Waals surface area contributed by atoms with Gasteiger partial charge in [0.1, 0.15) is 11.3 Å². The van der Waals surface area contributed by atoms with Gasteiger partial charge in [0.25, 0.3) is 0 Å². The number of ether oxygens (including phenoxy) is 2. The molecule has 1 atom stereocenters. The van der Waals surface area contributed by atoms with E-state index < -0.39 is 5.97 Å². The van der Waals surface area contributed by atoms with Crippen LogP contribution in [0.5, 0.6) is 5.75 Å². The standard InChI is InChI=1S/C19H21NO4/c1-4-13-8-12-6-7-14(23-3)9-15(12)17-10-18(21)16(11-20(13)17)19(22)24-5-2/h6-7,9-11,13H,4-5,8H2,1-3H3. The molecule has 1 unspecified atom stereocenters. The molecule has 3 rings (SSSR count). The second kappa shape index (κ2) is 6.51. The Morgan fingerprint density at radius 1 is 1.29 bits per heavy atom. The van der Waals surface area contributed by atoms with Gasteiger partial charge >= 0.3 is 5.97 Å². The van der Waals surface area contributed by atoms with E-state index in [-0.39, 0.29) is 23.6 Å². The van der Waals surface area contributed by atoms with E-state index in [1.165, 1.54) is 11.6 Å². The molecule has 5 heteroatoms. The predicted octanol–water partition coefficient (Wildman–Crippen LogP) is 3.21. The van der Waals surface area contributed by atoms with Crippen LogP contribution in [0.1, 0.15) is 42.2 Å². The number of hydrogen-bond donors (Lipinski definition) is 0. The molecule has 24 heavy (non-hydrogen) atoms. The van der Waals surface area contributed by atoms with Crippen LogP contribution < -0.4 is 10.2 Å². The molecule has 0 bridgehead atoms. The normalized spacial score (nSPS) is 15.4. The summed E-state index contributed by atoms with van der Waals surface area (Å²) in [6, 6.07) is 7.66. The Morgan fingerprint density at radius 3 is 2.75 bits per heavy atom. The molecule has 0 fully saturated rings. The van der Waals surface area contributed by atoms with Crippen LogP contribution in [0.3, 0.4) is 0 Å². The predicted molar refractivity (Wildman–Crippen MR) is 91.7 cm³/mol. The molecule has 2 heterocycles. The van der Waals surface area contributed by atoms with E-state index in [0.29, 0.717) is 0 Å². The van der Waals surface area contributed by atoms with Gasteiger partial charge in [0.2, 0.25) is 0 Å². The Morgan fingerprint density at radius 2 is 2.08 bits per heavy atom. The number of rotatable bonds is 4. The lowest BCUT2D eigenvalue weighted by Gasteiger charge is -2.30. The van der Waals surface area contributed by atoms with Crippen LogP contribution in [0.15, 0.2) is 35.3 Å². The molecule has 2 aromatic rings. The number of aromatic nitrogens is 1. The summed E-state index contributed by atoms with van der Waals surface area (Å²) in [6.07, 6.45) is 3.41. The molecular formula is C19H21NO4. The fraction of sp³-hybridized carbons (Fsp3) is 0.368. The van der Waals surface area contributed by atoms with Crippen molar-refractivity contribution < 1.29 is 14.3 Å². The molecule has 1 aliphatic rings. The summed E-state index contributed by atoms with van der Waals surface area (Å²) in [7, 11) is 1.62. The van der Waals surface area contributed by atoms with Crippen LogP contribution >= 0.6 is 0 Å². The first-order chi connectivity index (χ1) is 11.6. The number of pyridine rings is 1. The van der Waals surface area contributed by atoms with Crippen molar-refractivity contribution in [1.29, 1.82) is 0 Å². The molecule has 1 aromatic heterocycles. The highest BCUT2D eigenvalue weighted by atomic mass is 16.5. The summed E-state index contributed by atoms with van der Waals surface area (Å²) < 4.78 is 12.3. The largest absolute Gasteiger partial charge is 0.497 e. The first-order valence-electron chi connectivity index (χ1n) is 8.19. The molecule has 0 saturated heterocycles.